The molecule has 29 heavy (non-hydrogen) atoms. The molecule has 0 saturated carbocycles. The van der Waals surface area contributed by atoms with Gasteiger partial charge in [-0.15, -0.1) is 0 Å². The summed E-state index contributed by atoms with van der Waals surface area (Å²) in [5.74, 6) is 0.555. The average Bonchev–Trinajstić information content (AvgIpc) is 3.20. The van der Waals surface area contributed by atoms with Crippen molar-refractivity contribution in [3.8, 4) is 5.75 Å². The number of benzene rings is 1. The monoisotopic (exact) mass is 413 g/mol. The van der Waals surface area contributed by atoms with Crippen molar-refractivity contribution in [3.05, 3.63) is 42.5 Å². The van der Waals surface area contributed by atoms with E-state index in [1.165, 1.54) is 23.7 Å². The summed E-state index contributed by atoms with van der Waals surface area (Å²) in [4.78, 5) is 30.1. The number of hydrogen-bond acceptors (Lipinski definition) is 8. The molecule has 0 radical (unpaired) electrons. The number of nitrogens with zero attached hydrogens (tertiary/aromatic N) is 5. The van der Waals surface area contributed by atoms with Crippen LogP contribution in [0.15, 0.2) is 36.8 Å². The SMILES string of the molecule is COc1ccc2sc(N(CCCN3CCOCC3)C(=O)c3cnccn3)nc2c1. The van der Waals surface area contributed by atoms with Crippen LogP contribution < -0.4 is 9.64 Å². The van der Waals surface area contributed by atoms with Crippen LogP contribution in [-0.2, 0) is 4.74 Å². The second-order valence-corrected chi connectivity index (χ2v) is 7.69. The maximum atomic E-state index is 13.2. The number of carbonyl (C=O) groups is 1. The van der Waals surface area contributed by atoms with E-state index in [-0.39, 0.29) is 5.91 Å². The number of methoxy groups -OCH3 is 1. The van der Waals surface area contributed by atoms with Crippen molar-refractivity contribution in [2.24, 2.45) is 0 Å². The smallest absolute Gasteiger partial charge is 0.280 e. The first-order chi connectivity index (χ1) is 14.2. The van der Waals surface area contributed by atoms with Gasteiger partial charge in [0.25, 0.3) is 5.91 Å². The molecule has 0 spiro atoms. The summed E-state index contributed by atoms with van der Waals surface area (Å²) in [6, 6.07) is 5.75. The van der Waals surface area contributed by atoms with Crippen molar-refractivity contribution in [3.63, 3.8) is 0 Å². The van der Waals surface area contributed by atoms with Gasteiger partial charge in [0.15, 0.2) is 5.13 Å². The average molecular weight is 414 g/mol. The van der Waals surface area contributed by atoms with Gasteiger partial charge < -0.3 is 9.47 Å². The van der Waals surface area contributed by atoms with Crippen molar-refractivity contribution in [2.75, 3.05) is 51.4 Å². The minimum atomic E-state index is -0.189. The third-order valence-electron chi connectivity index (χ3n) is 4.80. The van der Waals surface area contributed by atoms with E-state index in [0.29, 0.717) is 17.4 Å². The van der Waals surface area contributed by atoms with Gasteiger partial charge in [-0.25, -0.2) is 9.97 Å². The molecule has 1 aromatic carbocycles. The lowest BCUT2D eigenvalue weighted by Crippen LogP contribution is -2.39. The molecule has 0 unspecified atom stereocenters. The van der Waals surface area contributed by atoms with Crippen molar-refractivity contribution >= 4 is 32.6 Å². The molecule has 1 amide bonds. The Morgan fingerprint density at radius 1 is 1.31 bits per heavy atom. The van der Waals surface area contributed by atoms with E-state index >= 15 is 0 Å². The molecule has 4 rings (SSSR count). The normalized spacial score (nSPS) is 14.8. The number of anilines is 1. The van der Waals surface area contributed by atoms with Gasteiger partial charge in [0.05, 0.1) is 36.7 Å². The molecule has 1 saturated heterocycles. The Bertz CT molecular complexity index is 959. The first-order valence-electron chi connectivity index (χ1n) is 9.57. The molecule has 0 N–H and O–H groups in total. The van der Waals surface area contributed by atoms with Gasteiger partial charge >= 0.3 is 0 Å². The van der Waals surface area contributed by atoms with Crippen molar-refractivity contribution < 1.29 is 14.3 Å². The molecule has 0 aliphatic carbocycles. The summed E-state index contributed by atoms with van der Waals surface area (Å²) in [6.45, 7) is 4.86. The molecule has 0 bridgehead atoms. The molecular weight excluding hydrogens is 390 g/mol. The van der Waals surface area contributed by atoms with Gasteiger partial charge in [-0.3, -0.25) is 19.6 Å². The fourth-order valence-electron chi connectivity index (χ4n) is 3.25. The Kier molecular flexibility index (Phi) is 6.28. The number of rotatable bonds is 7. The fraction of sp³-hybridized carbons (Fsp3) is 0.400. The number of amides is 1. The minimum Gasteiger partial charge on any atom is -0.497 e. The Labute approximate surface area is 173 Å². The number of morpholine rings is 1. The zero-order chi connectivity index (χ0) is 20.1. The van der Waals surface area contributed by atoms with Gasteiger partial charge in [0, 0.05) is 44.6 Å². The van der Waals surface area contributed by atoms with E-state index in [2.05, 4.69) is 14.9 Å². The molecule has 1 fully saturated rings. The van der Waals surface area contributed by atoms with Gasteiger partial charge in [-0.2, -0.15) is 0 Å². The van der Waals surface area contributed by atoms with E-state index in [4.69, 9.17) is 14.5 Å². The molecule has 152 valence electrons. The van der Waals surface area contributed by atoms with Crippen LogP contribution in [0.1, 0.15) is 16.9 Å². The van der Waals surface area contributed by atoms with Crippen LogP contribution in [-0.4, -0.2) is 72.3 Å². The van der Waals surface area contributed by atoms with Crippen molar-refractivity contribution in [2.45, 2.75) is 6.42 Å². The van der Waals surface area contributed by atoms with Gasteiger partial charge in [-0.05, 0) is 18.6 Å². The van der Waals surface area contributed by atoms with Crippen LogP contribution in [0.4, 0.5) is 5.13 Å². The first kappa shape index (κ1) is 19.7. The maximum Gasteiger partial charge on any atom is 0.280 e. The highest BCUT2D eigenvalue weighted by Gasteiger charge is 2.23. The predicted molar refractivity (Wildman–Crippen MR) is 112 cm³/mol. The van der Waals surface area contributed by atoms with E-state index < -0.39 is 0 Å². The highest BCUT2D eigenvalue weighted by atomic mass is 32.1. The quantitative estimate of drug-likeness (QED) is 0.589. The predicted octanol–water partition coefficient (Wildman–Crippen LogP) is 2.46. The Balaban J connectivity index is 1.56. The second-order valence-electron chi connectivity index (χ2n) is 6.69. The van der Waals surface area contributed by atoms with E-state index in [1.807, 2.05) is 18.2 Å². The summed E-state index contributed by atoms with van der Waals surface area (Å²) in [7, 11) is 1.63. The summed E-state index contributed by atoms with van der Waals surface area (Å²) < 4.78 is 11.7. The molecule has 8 nitrogen and oxygen atoms in total. The Morgan fingerprint density at radius 3 is 2.93 bits per heavy atom. The molecule has 1 aliphatic heterocycles. The third-order valence-corrected chi connectivity index (χ3v) is 5.86. The molecule has 3 heterocycles. The van der Waals surface area contributed by atoms with Gasteiger partial charge in [0.2, 0.25) is 0 Å². The van der Waals surface area contributed by atoms with Crippen molar-refractivity contribution in [1.29, 1.82) is 0 Å². The Morgan fingerprint density at radius 2 is 2.17 bits per heavy atom. The number of thiazole rings is 1. The van der Waals surface area contributed by atoms with Crippen LogP contribution in [0.3, 0.4) is 0 Å². The lowest BCUT2D eigenvalue weighted by Gasteiger charge is -2.27. The second kappa shape index (κ2) is 9.25. The van der Waals surface area contributed by atoms with Gasteiger partial charge in [0.1, 0.15) is 11.4 Å². The molecule has 1 aliphatic rings. The number of ether oxygens (including phenoxy) is 2. The lowest BCUT2D eigenvalue weighted by molar-refractivity contribution is 0.0376. The van der Waals surface area contributed by atoms with Crippen LogP contribution in [0.2, 0.25) is 0 Å². The van der Waals surface area contributed by atoms with Crippen LogP contribution in [0.25, 0.3) is 10.2 Å². The maximum absolute atomic E-state index is 13.2. The molecule has 9 heteroatoms. The highest BCUT2D eigenvalue weighted by molar-refractivity contribution is 7.22. The lowest BCUT2D eigenvalue weighted by atomic mass is 10.3. The third kappa shape index (κ3) is 4.69. The zero-order valence-corrected chi connectivity index (χ0v) is 17.1. The summed E-state index contributed by atoms with van der Waals surface area (Å²) in [5, 5.41) is 0.658. The number of fused-ring (bicyclic) bond motifs is 1. The zero-order valence-electron chi connectivity index (χ0n) is 16.3. The van der Waals surface area contributed by atoms with Crippen LogP contribution in [0, 0.1) is 0 Å². The summed E-state index contributed by atoms with van der Waals surface area (Å²) in [5.41, 5.74) is 1.13. The minimum absolute atomic E-state index is 0.189. The van der Waals surface area contributed by atoms with E-state index in [1.54, 1.807) is 18.2 Å². The Hall–Kier alpha value is -2.62. The first-order valence-corrected chi connectivity index (χ1v) is 10.4. The molecular formula is C20H23N5O3S. The van der Waals surface area contributed by atoms with Gasteiger partial charge in [-0.1, -0.05) is 11.3 Å². The molecule has 2 aromatic heterocycles. The number of aromatic nitrogens is 3. The fourth-order valence-corrected chi connectivity index (χ4v) is 4.22. The van der Waals surface area contributed by atoms with Crippen LogP contribution >= 0.6 is 11.3 Å². The molecule has 0 atom stereocenters. The highest BCUT2D eigenvalue weighted by Crippen LogP contribution is 2.32. The number of hydrogen-bond donors (Lipinski definition) is 0. The summed E-state index contributed by atoms with van der Waals surface area (Å²) in [6.07, 6.45) is 5.42. The topological polar surface area (TPSA) is 80.7 Å². The van der Waals surface area contributed by atoms with E-state index in [0.717, 1.165) is 55.2 Å². The number of carbonyl (C=O) groups excluding carboxylic acids is 1. The molecule has 3 aromatic rings. The standard InChI is InChI=1S/C20H23N5O3S/c1-27-15-3-4-18-16(13-15)23-20(29-18)25(19(26)17-14-21-5-6-22-17)8-2-7-24-9-11-28-12-10-24/h3-6,13-14H,2,7-12H2,1H3. The summed E-state index contributed by atoms with van der Waals surface area (Å²) >= 11 is 1.49. The largest absolute Gasteiger partial charge is 0.497 e. The van der Waals surface area contributed by atoms with Crippen LogP contribution in [0.5, 0.6) is 5.75 Å². The van der Waals surface area contributed by atoms with E-state index in [9.17, 15) is 4.79 Å². The van der Waals surface area contributed by atoms with Crippen molar-refractivity contribution in [1.82, 2.24) is 19.9 Å².